The van der Waals surface area contributed by atoms with Crippen molar-refractivity contribution < 1.29 is 32.6 Å². The third kappa shape index (κ3) is 6.68. The van der Waals surface area contributed by atoms with Crippen molar-refractivity contribution in [2.45, 2.75) is 25.7 Å². The molecule has 0 amide bonds. The lowest BCUT2D eigenvalue weighted by Gasteiger charge is -2.26. The molecule has 3 heterocycles. The average molecular weight is 589 g/mol. The molecule has 0 atom stereocenters. The number of Topliss-reactive ketones (excluding diaryl/α,β-unsaturated/α-hetero) is 2. The zero-order valence-corrected chi connectivity index (χ0v) is 23.4. The lowest BCUT2D eigenvalue weighted by molar-refractivity contribution is -0.133. The van der Waals surface area contributed by atoms with Crippen molar-refractivity contribution in [2.24, 2.45) is 5.41 Å². The molecule has 1 aliphatic carbocycles. The Morgan fingerprint density at radius 3 is 2.35 bits per heavy atom. The van der Waals surface area contributed by atoms with Crippen molar-refractivity contribution in [1.82, 2.24) is 19.9 Å². The highest BCUT2D eigenvalue weighted by atomic mass is 19.1. The van der Waals surface area contributed by atoms with E-state index >= 15 is 4.39 Å². The first-order chi connectivity index (χ1) is 20.9. The highest BCUT2D eigenvalue weighted by Crippen LogP contribution is 2.49. The first-order valence-corrected chi connectivity index (χ1v) is 14.2. The summed E-state index contributed by atoms with van der Waals surface area (Å²) < 4.78 is 45.3. The molecule has 4 aromatic rings. The van der Waals surface area contributed by atoms with Crippen LogP contribution < -0.4 is 9.47 Å². The van der Waals surface area contributed by atoms with Crippen molar-refractivity contribution in [3.05, 3.63) is 83.7 Å². The van der Waals surface area contributed by atoms with E-state index in [1.807, 2.05) is 0 Å². The molecule has 43 heavy (non-hydrogen) atoms. The Bertz CT molecular complexity index is 1640. The van der Waals surface area contributed by atoms with Crippen LogP contribution in [-0.4, -0.2) is 70.9 Å². The van der Waals surface area contributed by atoms with Crippen molar-refractivity contribution >= 4 is 22.7 Å². The summed E-state index contributed by atoms with van der Waals surface area (Å²) in [6.45, 7) is 4.34. The second-order valence-corrected chi connectivity index (χ2v) is 10.8. The Labute approximate surface area is 246 Å². The Kier molecular flexibility index (Phi) is 8.35. The van der Waals surface area contributed by atoms with Crippen LogP contribution in [0.4, 0.5) is 8.78 Å². The molecule has 0 spiro atoms. The summed E-state index contributed by atoms with van der Waals surface area (Å²) in [4.78, 5) is 41.4. The summed E-state index contributed by atoms with van der Waals surface area (Å²) >= 11 is 0. The van der Waals surface area contributed by atoms with E-state index in [1.165, 1.54) is 36.7 Å². The molecule has 0 unspecified atom stereocenters. The number of ether oxygens (including phenoxy) is 3. The van der Waals surface area contributed by atoms with Crippen LogP contribution in [0.15, 0.2) is 60.9 Å². The smallest absolute Gasteiger partial charge is 0.234 e. The maximum absolute atomic E-state index is 15.1. The molecule has 2 aliphatic rings. The highest BCUT2D eigenvalue weighted by molar-refractivity contribution is 6.10. The zero-order valence-electron chi connectivity index (χ0n) is 23.4. The third-order valence-corrected chi connectivity index (χ3v) is 7.83. The van der Waals surface area contributed by atoms with Gasteiger partial charge in [-0.05, 0) is 48.2 Å². The van der Waals surface area contributed by atoms with Gasteiger partial charge in [0, 0.05) is 44.7 Å². The molecule has 2 aromatic heterocycles. The molecule has 0 bridgehead atoms. The minimum atomic E-state index is -1.06. The number of morpholine rings is 1. The molecule has 2 fully saturated rings. The minimum absolute atomic E-state index is 0.0511. The number of carbonyl (C=O) groups excluding carboxylic acids is 2. The maximum Gasteiger partial charge on any atom is 0.234 e. The van der Waals surface area contributed by atoms with Crippen LogP contribution in [-0.2, 0) is 27.2 Å². The molecule has 9 nitrogen and oxygen atoms in total. The molecule has 6 rings (SSSR count). The average Bonchev–Trinajstić information content (AvgIpc) is 3.83. The van der Waals surface area contributed by atoms with Crippen molar-refractivity contribution in [3.8, 4) is 17.4 Å². The first-order valence-electron chi connectivity index (χ1n) is 14.2. The Hall–Kier alpha value is -4.35. The fourth-order valence-electron chi connectivity index (χ4n) is 5.14. The normalized spacial score (nSPS) is 16.1. The van der Waals surface area contributed by atoms with Gasteiger partial charge in [0.25, 0.3) is 0 Å². The number of benzene rings is 2. The summed E-state index contributed by atoms with van der Waals surface area (Å²) in [5.41, 5.74) is 0.675. The quantitative estimate of drug-likeness (QED) is 0.221. The monoisotopic (exact) mass is 588 g/mol. The number of aromatic nitrogens is 3. The Morgan fingerprint density at radius 1 is 0.907 bits per heavy atom. The summed E-state index contributed by atoms with van der Waals surface area (Å²) in [7, 11) is 0. The Morgan fingerprint density at radius 2 is 1.63 bits per heavy atom. The van der Waals surface area contributed by atoms with E-state index in [9.17, 15) is 14.0 Å². The predicted octanol–water partition coefficient (Wildman–Crippen LogP) is 4.51. The molecule has 1 saturated heterocycles. The molecule has 222 valence electrons. The van der Waals surface area contributed by atoms with Gasteiger partial charge in [0.15, 0.2) is 40.0 Å². The van der Waals surface area contributed by atoms with Crippen LogP contribution in [0.5, 0.6) is 17.4 Å². The minimum Gasteiger partial charge on any atom is -0.475 e. The SMILES string of the molecule is O=C(Cc1ccc(F)cc1)C1(C(=O)Cc2ccc(Oc3ccnc4nc(OCCN5CCOCC5)cnc34)c(F)c2)CC1. The molecule has 1 aliphatic heterocycles. The van der Waals surface area contributed by atoms with Gasteiger partial charge >= 0.3 is 0 Å². The molecule has 0 radical (unpaired) electrons. The zero-order chi connectivity index (χ0) is 29.8. The first kappa shape index (κ1) is 28.8. The lowest BCUT2D eigenvalue weighted by Crippen LogP contribution is -2.38. The number of hydrogen-bond acceptors (Lipinski definition) is 9. The lowest BCUT2D eigenvalue weighted by atomic mass is 9.88. The van der Waals surface area contributed by atoms with Gasteiger partial charge in [-0.3, -0.25) is 14.5 Å². The van der Waals surface area contributed by atoms with Crippen LogP contribution in [0.3, 0.4) is 0 Å². The third-order valence-electron chi connectivity index (χ3n) is 7.83. The maximum atomic E-state index is 15.1. The topological polar surface area (TPSA) is 104 Å². The van der Waals surface area contributed by atoms with Crippen molar-refractivity contribution in [3.63, 3.8) is 0 Å². The summed E-state index contributed by atoms with van der Waals surface area (Å²) in [6, 6.07) is 11.5. The van der Waals surface area contributed by atoms with E-state index < -0.39 is 11.2 Å². The Balaban J connectivity index is 1.08. The van der Waals surface area contributed by atoms with Crippen LogP contribution in [0.25, 0.3) is 11.2 Å². The standard InChI is InChI=1S/C32H30F2N4O5/c33-23-4-1-21(2-5-23)18-27(39)32(8-9-32)28(40)19-22-3-6-25(24(34)17-22)43-26-7-10-35-31-30(26)36-20-29(37-31)42-16-13-38-11-14-41-15-12-38/h1-7,10,17,20H,8-9,11-16,18-19H2. The van der Waals surface area contributed by atoms with Gasteiger partial charge in [-0.1, -0.05) is 18.2 Å². The van der Waals surface area contributed by atoms with Gasteiger partial charge in [-0.2, -0.15) is 4.98 Å². The summed E-state index contributed by atoms with van der Waals surface area (Å²) in [6.07, 6.45) is 3.88. The molecule has 0 N–H and O–H groups in total. The van der Waals surface area contributed by atoms with Crippen molar-refractivity contribution in [2.75, 3.05) is 39.5 Å². The van der Waals surface area contributed by atoms with Crippen molar-refractivity contribution in [1.29, 1.82) is 0 Å². The van der Waals surface area contributed by atoms with Crippen LogP contribution in [0, 0.1) is 17.0 Å². The number of carbonyl (C=O) groups is 2. The number of ketones is 2. The van der Waals surface area contributed by atoms with E-state index in [0.717, 1.165) is 19.6 Å². The van der Waals surface area contributed by atoms with Gasteiger partial charge in [0.1, 0.15) is 12.4 Å². The molecule has 1 saturated carbocycles. The van der Waals surface area contributed by atoms with Gasteiger partial charge in [-0.15, -0.1) is 0 Å². The predicted molar refractivity (Wildman–Crippen MR) is 152 cm³/mol. The number of halogens is 2. The second kappa shape index (κ2) is 12.5. The second-order valence-electron chi connectivity index (χ2n) is 10.8. The molecular weight excluding hydrogens is 558 g/mol. The number of rotatable bonds is 12. The van der Waals surface area contributed by atoms with E-state index in [4.69, 9.17) is 14.2 Å². The van der Waals surface area contributed by atoms with Gasteiger partial charge in [-0.25, -0.2) is 18.7 Å². The van der Waals surface area contributed by atoms with Gasteiger partial charge in [0.05, 0.1) is 24.8 Å². The number of hydrogen-bond donors (Lipinski definition) is 0. The van der Waals surface area contributed by atoms with E-state index in [0.29, 0.717) is 60.8 Å². The molecule has 11 heteroatoms. The fourth-order valence-corrected chi connectivity index (χ4v) is 5.14. The van der Waals surface area contributed by atoms with E-state index in [1.54, 1.807) is 24.3 Å². The van der Waals surface area contributed by atoms with Crippen LogP contribution in [0.2, 0.25) is 0 Å². The fraction of sp³-hybridized carbons (Fsp3) is 0.344. The molecule has 2 aromatic carbocycles. The van der Waals surface area contributed by atoms with E-state index in [-0.39, 0.29) is 41.7 Å². The largest absolute Gasteiger partial charge is 0.475 e. The van der Waals surface area contributed by atoms with Crippen LogP contribution in [0.1, 0.15) is 24.0 Å². The number of pyridine rings is 1. The molecular formula is C32H30F2N4O5. The van der Waals surface area contributed by atoms with Gasteiger partial charge in [0.2, 0.25) is 5.88 Å². The van der Waals surface area contributed by atoms with Crippen LogP contribution >= 0.6 is 0 Å². The highest BCUT2D eigenvalue weighted by Gasteiger charge is 2.54. The van der Waals surface area contributed by atoms with E-state index in [2.05, 4.69) is 19.9 Å². The number of fused-ring (bicyclic) bond motifs is 1. The summed E-state index contributed by atoms with van der Waals surface area (Å²) in [5, 5.41) is 0. The summed E-state index contributed by atoms with van der Waals surface area (Å²) in [5.74, 6) is -0.938. The number of nitrogens with zero attached hydrogens (tertiary/aromatic N) is 4. The van der Waals surface area contributed by atoms with Gasteiger partial charge < -0.3 is 14.2 Å².